The first-order valence-corrected chi connectivity index (χ1v) is 9.64. The van der Waals surface area contributed by atoms with E-state index in [2.05, 4.69) is 10.1 Å². The third-order valence-electron chi connectivity index (χ3n) is 4.02. The van der Waals surface area contributed by atoms with Gasteiger partial charge in [-0.05, 0) is 30.2 Å². The van der Waals surface area contributed by atoms with Crippen LogP contribution in [0.5, 0.6) is 0 Å². The van der Waals surface area contributed by atoms with Gasteiger partial charge in [0.2, 0.25) is 0 Å². The van der Waals surface area contributed by atoms with Gasteiger partial charge >= 0.3 is 5.97 Å². The Morgan fingerprint density at radius 3 is 2.61 bits per heavy atom. The van der Waals surface area contributed by atoms with Gasteiger partial charge in [-0.2, -0.15) is 10.1 Å². The summed E-state index contributed by atoms with van der Waals surface area (Å²) in [6, 6.07) is 5.99. The molecule has 3 rings (SSSR count). The van der Waals surface area contributed by atoms with Crippen molar-refractivity contribution in [2.75, 3.05) is 0 Å². The van der Waals surface area contributed by atoms with Gasteiger partial charge < -0.3 is 9.67 Å². The van der Waals surface area contributed by atoms with Gasteiger partial charge in [0, 0.05) is 36.7 Å². The van der Waals surface area contributed by atoms with Crippen molar-refractivity contribution in [1.82, 2.24) is 19.3 Å². The summed E-state index contributed by atoms with van der Waals surface area (Å²) in [6.07, 6.45) is 5.40. The topological polar surface area (TPSA) is 90.0 Å². The zero-order chi connectivity index (χ0) is 20.1. The van der Waals surface area contributed by atoms with Crippen LogP contribution in [0.2, 0.25) is 0 Å². The predicted octanol–water partition coefficient (Wildman–Crippen LogP) is 2.57. The number of aromatic nitrogens is 4. The molecule has 0 aliphatic carbocycles. The highest BCUT2D eigenvalue weighted by molar-refractivity contribution is 7.98. The van der Waals surface area contributed by atoms with Crippen LogP contribution in [0.25, 0.3) is 0 Å². The summed E-state index contributed by atoms with van der Waals surface area (Å²) in [5.41, 5.74) is 1.71. The first-order valence-electron chi connectivity index (χ1n) is 8.65. The Morgan fingerprint density at radius 1 is 1.21 bits per heavy atom. The smallest absolute Gasteiger partial charge is 0.323 e. The largest absolute Gasteiger partial charge is 0.480 e. The van der Waals surface area contributed by atoms with Crippen LogP contribution in [0, 0.1) is 5.82 Å². The Bertz CT molecular complexity index is 1030. The van der Waals surface area contributed by atoms with Crippen molar-refractivity contribution < 1.29 is 14.3 Å². The molecular formula is C19H19FN4O3S. The molecule has 0 bridgehead atoms. The Labute approximate surface area is 164 Å². The number of aliphatic carboxylic acids is 1. The second-order valence-corrected chi connectivity index (χ2v) is 7.11. The molecule has 0 atom stereocenters. The van der Waals surface area contributed by atoms with Crippen LogP contribution in [-0.4, -0.2) is 30.4 Å². The summed E-state index contributed by atoms with van der Waals surface area (Å²) in [5.74, 6) is -0.918. The van der Waals surface area contributed by atoms with Crippen LogP contribution in [-0.2, 0) is 30.1 Å². The number of benzene rings is 1. The molecule has 1 aromatic carbocycles. The highest BCUT2D eigenvalue weighted by Gasteiger charge is 2.13. The molecule has 3 aromatic rings. The molecule has 0 spiro atoms. The van der Waals surface area contributed by atoms with E-state index in [-0.39, 0.29) is 12.4 Å². The first kappa shape index (κ1) is 19.8. The van der Waals surface area contributed by atoms with Crippen molar-refractivity contribution in [3.63, 3.8) is 0 Å². The summed E-state index contributed by atoms with van der Waals surface area (Å²) in [4.78, 5) is 27.8. The van der Waals surface area contributed by atoms with Gasteiger partial charge in [-0.15, -0.1) is 0 Å². The van der Waals surface area contributed by atoms with Gasteiger partial charge in [-0.1, -0.05) is 23.9 Å². The highest BCUT2D eigenvalue weighted by Crippen LogP contribution is 2.21. The van der Waals surface area contributed by atoms with E-state index in [1.165, 1.54) is 28.5 Å². The number of carbonyl (C=O) groups is 1. The molecule has 0 amide bonds. The van der Waals surface area contributed by atoms with Gasteiger partial charge in [0.1, 0.15) is 12.4 Å². The summed E-state index contributed by atoms with van der Waals surface area (Å²) in [5, 5.41) is 13.7. The third kappa shape index (κ3) is 5.07. The van der Waals surface area contributed by atoms with Crippen LogP contribution in [0.4, 0.5) is 4.39 Å². The van der Waals surface area contributed by atoms with E-state index >= 15 is 0 Å². The fourth-order valence-corrected chi connectivity index (χ4v) is 3.55. The number of halogens is 1. The Hall–Kier alpha value is -2.94. The van der Waals surface area contributed by atoms with Crippen LogP contribution in [0.1, 0.15) is 23.6 Å². The highest BCUT2D eigenvalue weighted by atomic mass is 32.2. The number of aryl methyl sites for hydroxylation is 1. The SMILES string of the molecule is CCn1cc(Cc2cn(CC(=O)O)c(SCc3ccc(F)cc3)nc2=O)cn1. The van der Waals surface area contributed by atoms with Gasteiger partial charge in [0.25, 0.3) is 5.56 Å². The van der Waals surface area contributed by atoms with E-state index in [9.17, 15) is 19.1 Å². The summed E-state index contributed by atoms with van der Waals surface area (Å²) in [7, 11) is 0. The molecule has 146 valence electrons. The van der Waals surface area contributed by atoms with E-state index in [1.54, 1.807) is 29.2 Å². The molecule has 0 fully saturated rings. The number of nitrogens with zero attached hydrogens (tertiary/aromatic N) is 4. The molecule has 0 aliphatic heterocycles. The summed E-state index contributed by atoms with van der Waals surface area (Å²) >= 11 is 1.23. The molecule has 7 nitrogen and oxygen atoms in total. The fraction of sp³-hybridized carbons (Fsp3) is 0.263. The molecule has 1 N–H and O–H groups in total. The molecule has 0 saturated heterocycles. The molecule has 0 unspecified atom stereocenters. The number of hydrogen-bond donors (Lipinski definition) is 1. The zero-order valence-corrected chi connectivity index (χ0v) is 16.0. The fourth-order valence-electron chi connectivity index (χ4n) is 2.64. The van der Waals surface area contributed by atoms with Gasteiger partial charge in [-0.25, -0.2) is 4.39 Å². The number of rotatable bonds is 8. The minimum Gasteiger partial charge on any atom is -0.480 e. The normalized spacial score (nSPS) is 10.9. The Balaban J connectivity index is 1.84. The second-order valence-electron chi connectivity index (χ2n) is 6.17. The second kappa shape index (κ2) is 8.83. The predicted molar refractivity (Wildman–Crippen MR) is 103 cm³/mol. The van der Waals surface area contributed by atoms with Gasteiger partial charge in [0.05, 0.1) is 6.20 Å². The maximum absolute atomic E-state index is 13.0. The van der Waals surface area contributed by atoms with Crippen molar-refractivity contribution in [2.24, 2.45) is 0 Å². The van der Waals surface area contributed by atoms with Crippen molar-refractivity contribution in [2.45, 2.75) is 37.3 Å². The van der Waals surface area contributed by atoms with Crippen LogP contribution < -0.4 is 5.56 Å². The minimum absolute atomic E-state index is 0.305. The van der Waals surface area contributed by atoms with E-state index in [4.69, 9.17) is 0 Å². The monoisotopic (exact) mass is 402 g/mol. The molecular weight excluding hydrogens is 383 g/mol. The van der Waals surface area contributed by atoms with Gasteiger partial charge in [0.15, 0.2) is 5.16 Å². The van der Waals surface area contributed by atoms with E-state index < -0.39 is 11.5 Å². The van der Waals surface area contributed by atoms with Gasteiger partial charge in [-0.3, -0.25) is 14.3 Å². The first-order chi connectivity index (χ1) is 13.4. The average Bonchev–Trinajstić information content (AvgIpc) is 3.11. The molecule has 2 heterocycles. The summed E-state index contributed by atoms with van der Waals surface area (Å²) < 4.78 is 16.2. The molecule has 0 radical (unpaired) electrons. The van der Waals surface area contributed by atoms with Crippen molar-refractivity contribution >= 4 is 17.7 Å². The summed E-state index contributed by atoms with van der Waals surface area (Å²) in [6.45, 7) is 2.38. The maximum atomic E-state index is 13.0. The number of carboxylic acid groups (broad SMARTS) is 1. The Kier molecular flexibility index (Phi) is 6.25. The number of thioether (sulfide) groups is 1. The van der Waals surface area contributed by atoms with Crippen molar-refractivity contribution in [1.29, 1.82) is 0 Å². The van der Waals surface area contributed by atoms with Crippen LogP contribution in [0.15, 0.2) is 52.8 Å². The molecule has 28 heavy (non-hydrogen) atoms. The molecule has 0 saturated carbocycles. The maximum Gasteiger partial charge on any atom is 0.323 e. The standard InChI is InChI=1S/C19H19FN4O3S/c1-2-24-9-14(8-21-24)7-15-10-23(11-17(25)26)19(22-18(15)27)28-12-13-3-5-16(20)6-4-13/h3-6,8-10H,2,7,11-12H2,1H3,(H,25,26). The molecule has 0 aliphatic rings. The number of hydrogen-bond acceptors (Lipinski definition) is 5. The molecule has 9 heteroatoms. The molecule has 2 aromatic heterocycles. The van der Waals surface area contributed by atoms with Crippen LogP contribution >= 0.6 is 11.8 Å². The van der Waals surface area contributed by atoms with E-state index in [0.717, 1.165) is 17.7 Å². The van der Waals surface area contributed by atoms with Crippen molar-refractivity contribution in [3.05, 3.63) is 75.7 Å². The lowest BCUT2D eigenvalue weighted by atomic mass is 10.1. The lowest BCUT2D eigenvalue weighted by Crippen LogP contribution is -2.22. The van der Waals surface area contributed by atoms with E-state index in [1.807, 2.05) is 13.1 Å². The minimum atomic E-state index is -1.03. The van der Waals surface area contributed by atoms with Crippen LogP contribution in [0.3, 0.4) is 0 Å². The average molecular weight is 402 g/mol. The lowest BCUT2D eigenvalue weighted by molar-refractivity contribution is -0.137. The van der Waals surface area contributed by atoms with E-state index in [0.29, 0.717) is 22.9 Å². The Morgan fingerprint density at radius 2 is 1.96 bits per heavy atom. The zero-order valence-electron chi connectivity index (χ0n) is 15.2. The lowest BCUT2D eigenvalue weighted by Gasteiger charge is -2.12. The van der Waals surface area contributed by atoms with Crippen molar-refractivity contribution in [3.8, 4) is 0 Å². The quantitative estimate of drug-likeness (QED) is 0.460. The third-order valence-corrected chi connectivity index (χ3v) is 5.08. The number of carboxylic acids is 1.